The zero-order chi connectivity index (χ0) is 49.2. The van der Waals surface area contributed by atoms with Crippen molar-refractivity contribution in [1.29, 1.82) is 0 Å². The molecule has 6 rings (SSSR count). The van der Waals surface area contributed by atoms with E-state index in [1.54, 1.807) is 49.4 Å². The summed E-state index contributed by atoms with van der Waals surface area (Å²) in [6.07, 6.45) is 2.89. The molecule has 1 atom stereocenters. The van der Waals surface area contributed by atoms with Crippen LogP contribution in [0.15, 0.2) is 96.7 Å². The standard InChI is InChI=1S/C48H44N6O14/c1-24(19-25-7-11-30(55)12-8-25)37(56)20-26-5-9-27(10-6-26)38(57)22-28(21-29-23-49-54-53-29)45(61)50-34-16-13-31(39(58)42(34)66-2)46(62)51-35-17-14-32(40(59)43(35)67-3)47(63)52-36-18-15-33(48(64)65)41(60)44(36)68-4/h5-19,23,28,55,58-60H,20-22H2,1-4H3,(H,50,61)(H,51,62)(H,52,63)(H,64,65)(H,49,53,54)/b24-19+/t28-/m1/s1. The summed E-state index contributed by atoms with van der Waals surface area (Å²) in [6.45, 7) is 1.69. The summed E-state index contributed by atoms with van der Waals surface area (Å²) in [7, 11) is 3.49. The fraction of sp³-hybridized carbons (Fsp3) is 0.167. The third-order valence-corrected chi connectivity index (χ3v) is 10.6. The number of phenolic OH excluding ortho intramolecular Hbond substituents is 3. The van der Waals surface area contributed by atoms with Gasteiger partial charge in [0.25, 0.3) is 11.8 Å². The van der Waals surface area contributed by atoms with E-state index in [1.807, 2.05) is 0 Å². The molecule has 0 saturated heterocycles. The summed E-state index contributed by atoms with van der Waals surface area (Å²) >= 11 is 0. The Morgan fingerprint density at radius 1 is 0.662 bits per heavy atom. The van der Waals surface area contributed by atoms with Crippen molar-refractivity contribution in [2.24, 2.45) is 5.92 Å². The topological polar surface area (TPSA) is 309 Å². The summed E-state index contributed by atoms with van der Waals surface area (Å²) < 4.78 is 15.8. The Hall–Kier alpha value is -9.20. The molecular weight excluding hydrogens is 885 g/mol. The number of methoxy groups -OCH3 is 3. The Kier molecular flexibility index (Phi) is 15.0. The molecule has 1 heterocycles. The lowest BCUT2D eigenvalue weighted by atomic mass is 9.92. The number of aromatic amines is 1. The highest BCUT2D eigenvalue weighted by Crippen LogP contribution is 2.42. The van der Waals surface area contributed by atoms with Crippen LogP contribution in [0.25, 0.3) is 6.08 Å². The number of allylic oxidation sites excluding steroid dienone is 1. The Bertz CT molecular complexity index is 2930. The molecule has 350 valence electrons. The van der Waals surface area contributed by atoms with Crippen LogP contribution in [-0.4, -0.2) is 97.5 Å². The number of Topliss-reactive ketones (excluding diaryl/α,β-unsaturated/α-hetero) is 2. The number of aromatic hydroxyl groups is 4. The number of hydrogen-bond donors (Lipinski definition) is 9. The second-order valence-corrected chi connectivity index (χ2v) is 15.0. The van der Waals surface area contributed by atoms with Crippen molar-refractivity contribution in [3.8, 4) is 40.2 Å². The van der Waals surface area contributed by atoms with Crippen molar-refractivity contribution >= 4 is 58.4 Å². The molecule has 20 heteroatoms. The minimum Gasteiger partial charge on any atom is -0.508 e. The van der Waals surface area contributed by atoms with Gasteiger partial charge in [-0.25, -0.2) is 4.79 Å². The normalized spacial score (nSPS) is 11.5. The average Bonchev–Trinajstić information content (AvgIpc) is 3.83. The Morgan fingerprint density at radius 2 is 1.16 bits per heavy atom. The molecule has 6 aromatic rings. The maximum Gasteiger partial charge on any atom is 0.339 e. The van der Waals surface area contributed by atoms with E-state index in [0.717, 1.165) is 31.9 Å². The number of H-pyrrole nitrogens is 1. The molecule has 5 aromatic carbocycles. The van der Waals surface area contributed by atoms with Crippen molar-refractivity contribution in [3.05, 3.63) is 136 Å². The molecular formula is C48H44N6O14. The number of carboxylic acid groups (broad SMARTS) is 1. The number of nitrogens with one attached hydrogen (secondary N) is 4. The van der Waals surface area contributed by atoms with Crippen LogP contribution in [-0.2, 0) is 22.4 Å². The number of nitrogens with zero attached hydrogens (tertiary/aromatic N) is 2. The lowest BCUT2D eigenvalue weighted by Gasteiger charge is -2.19. The predicted octanol–water partition coefficient (Wildman–Crippen LogP) is 6.14. The van der Waals surface area contributed by atoms with Crippen molar-refractivity contribution < 1.29 is 68.5 Å². The van der Waals surface area contributed by atoms with E-state index in [9.17, 15) is 54.3 Å². The molecule has 0 radical (unpaired) electrons. The van der Waals surface area contributed by atoms with Gasteiger partial charge in [-0.05, 0) is 78.2 Å². The molecule has 0 saturated carbocycles. The fourth-order valence-corrected chi connectivity index (χ4v) is 6.99. The number of carboxylic acids is 1. The molecule has 1 aromatic heterocycles. The highest BCUT2D eigenvalue weighted by atomic mass is 16.5. The van der Waals surface area contributed by atoms with Gasteiger partial charge in [0.15, 0.2) is 46.1 Å². The zero-order valence-electron chi connectivity index (χ0n) is 36.7. The van der Waals surface area contributed by atoms with Gasteiger partial charge in [0.1, 0.15) is 11.3 Å². The number of aromatic nitrogens is 3. The first-order valence-corrected chi connectivity index (χ1v) is 20.4. The van der Waals surface area contributed by atoms with Crippen LogP contribution in [0.1, 0.15) is 71.6 Å². The molecule has 3 amide bonds. The predicted molar refractivity (Wildman–Crippen MR) is 245 cm³/mol. The number of benzene rings is 5. The van der Waals surface area contributed by atoms with Crippen molar-refractivity contribution in [3.63, 3.8) is 0 Å². The van der Waals surface area contributed by atoms with Gasteiger partial charge in [-0.3, -0.25) is 24.0 Å². The van der Waals surface area contributed by atoms with E-state index in [1.165, 1.54) is 49.7 Å². The van der Waals surface area contributed by atoms with Crippen LogP contribution in [0.5, 0.6) is 40.2 Å². The quantitative estimate of drug-likeness (QED) is 0.0325. The molecule has 68 heavy (non-hydrogen) atoms. The molecule has 0 unspecified atom stereocenters. The van der Waals surface area contributed by atoms with Crippen molar-refractivity contribution in [2.75, 3.05) is 37.3 Å². The monoisotopic (exact) mass is 928 g/mol. The molecule has 0 aliphatic heterocycles. The van der Waals surface area contributed by atoms with Crippen LogP contribution in [0.2, 0.25) is 0 Å². The molecule has 0 spiro atoms. The Balaban J connectivity index is 1.15. The molecule has 0 aliphatic carbocycles. The van der Waals surface area contributed by atoms with E-state index in [-0.39, 0.29) is 87.6 Å². The molecule has 20 nitrogen and oxygen atoms in total. The SMILES string of the molecule is COc1c(NC(=O)c2ccc(NC(=O)c3ccc(NC(=O)[C@@H](CC(=O)c4ccc(CC(=O)/C(C)=C/c5ccc(O)cc5)cc4)Cc4cn[nH]n4)c(OC)c3O)c(OC)c2O)ccc(C(=O)O)c1O. The maximum atomic E-state index is 13.9. The van der Waals surface area contributed by atoms with E-state index < -0.39 is 52.4 Å². The molecule has 9 N–H and O–H groups in total. The van der Waals surface area contributed by atoms with Crippen LogP contribution in [0.4, 0.5) is 17.1 Å². The van der Waals surface area contributed by atoms with Crippen LogP contribution in [0.3, 0.4) is 0 Å². The van der Waals surface area contributed by atoms with Crippen LogP contribution in [0, 0.1) is 5.92 Å². The van der Waals surface area contributed by atoms with Gasteiger partial charge in [0.05, 0.1) is 67.3 Å². The number of phenols is 4. The Morgan fingerprint density at radius 3 is 1.65 bits per heavy atom. The number of rotatable bonds is 19. The second kappa shape index (κ2) is 21.2. The lowest BCUT2D eigenvalue weighted by molar-refractivity contribution is -0.120. The fourth-order valence-electron chi connectivity index (χ4n) is 6.99. The number of carbonyl (C=O) groups is 6. The number of ether oxygens (including phenoxy) is 3. The zero-order valence-corrected chi connectivity index (χ0v) is 36.7. The number of aromatic carboxylic acids is 1. The minimum absolute atomic E-state index is 0.0190. The second-order valence-electron chi connectivity index (χ2n) is 15.0. The molecule has 0 aliphatic rings. The largest absolute Gasteiger partial charge is 0.508 e. The van der Waals surface area contributed by atoms with Gasteiger partial charge < -0.3 is 55.7 Å². The number of anilines is 3. The first-order valence-electron chi connectivity index (χ1n) is 20.4. The summed E-state index contributed by atoms with van der Waals surface area (Å²) in [5, 5.41) is 69.3. The number of carbonyl (C=O) groups excluding carboxylic acids is 5. The van der Waals surface area contributed by atoms with Gasteiger partial charge in [-0.1, -0.05) is 36.4 Å². The number of amides is 3. The van der Waals surface area contributed by atoms with Gasteiger partial charge in [0, 0.05) is 24.8 Å². The van der Waals surface area contributed by atoms with Gasteiger partial charge in [-0.15, -0.1) is 0 Å². The van der Waals surface area contributed by atoms with Crippen LogP contribution < -0.4 is 30.2 Å². The third kappa shape index (κ3) is 11.0. The van der Waals surface area contributed by atoms with Crippen LogP contribution >= 0.6 is 0 Å². The van der Waals surface area contributed by atoms with E-state index >= 15 is 0 Å². The van der Waals surface area contributed by atoms with Crippen molar-refractivity contribution in [1.82, 2.24) is 15.4 Å². The van der Waals surface area contributed by atoms with E-state index in [2.05, 4.69) is 31.4 Å². The van der Waals surface area contributed by atoms with Crippen molar-refractivity contribution in [2.45, 2.75) is 26.2 Å². The van der Waals surface area contributed by atoms with Gasteiger partial charge in [0.2, 0.25) is 5.91 Å². The number of ketones is 2. The molecule has 0 fully saturated rings. The molecule has 0 bridgehead atoms. The summed E-state index contributed by atoms with van der Waals surface area (Å²) in [4.78, 5) is 78.7. The first kappa shape index (κ1) is 48.3. The Labute approximate surface area is 386 Å². The smallest absolute Gasteiger partial charge is 0.339 e. The highest BCUT2D eigenvalue weighted by molar-refractivity contribution is 6.11. The number of hydrogen-bond acceptors (Lipinski definition) is 15. The summed E-state index contributed by atoms with van der Waals surface area (Å²) in [5.74, 6) is -8.58. The van der Waals surface area contributed by atoms with Gasteiger partial charge in [-0.2, -0.15) is 15.4 Å². The average molecular weight is 929 g/mol. The minimum atomic E-state index is -1.44. The van der Waals surface area contributed by atoms with Gasteiger partial charge >= 0.3 is 5.97 Å². The highest BCUT2D eigenvalue weighted by Gasteiger charge is 2.28. The third-order valence-electron chi connectivity index (χ3n) is 10.6. The summed E-state index contributed by atoms with van der Waals surface area (Å²) in [6, 6.07) is 19.9. The summed E-state index contributed by atoms with van der Waals surface area (Å²) in [5.41, 5.74) is 1.09. The maximum absolute atomic E-state index is 13.9. The first-order chi connectivity index (χ1) is 32.5. The van der Waals surface area contributed by atoms with E-state index in [0.29, 0.717) is 16.8 Å². The lowest BCUT2D eigenvalue weighted by Crippen LogP contribution is -2.27. The van der Waals surface area contributed by atoms with E-state index in [4.69, 9.17) is 14.2 Å².